The molecule has 132 valence electrons. The standard InChI is InChI=1S/C22H27NO2/c1-14-9-16(11-17(10-14)22(2,3)4)21-18-13-20-19(24-7-8-25-20)12-15(18)5-6-23-21/h9-13,21,23H,5-8H2,1-4H3. The minimum atomic E-state index is 0.144. The Balaban J connectivity index is 1.80. The number of rotatable bonds is 1. The van der Waals surface area contributed by atoms with E-state index in [-0.39, 0.29) is 11.5 Å². The normalized spacial score (nSPS) is 19.4. The van der Waals surface area contributed by atoms with E-state index in [2.05, 4.69) is 63.3 Å². The average Bonchev–Trinajstić information content (AvgIpc) is 2.58. The number of fused-ring (bicyclic) bond motifs is 2. The van der Waals surface area contributed by atoms with E-state index in [9.17, 15) is 0 Å². The Labute approximate surface area is 150 Å². The summed E-state index contributed by atoms with van der Waals surface area (Å²) in [4.78, 5) is 0. The van der Waals surface area contributed by atoms with Gasteiger partial charge in [0.15, 0.2) is 11.5 Å². The van der Waals surface area contributed by atoms with Gasteiger partial charge in [0, 0.05) is 6.54 Å². The van der Waals surface area contributed by atoms with Crippen LogP contribution in [0.1, 0.15) is 54.6 Å². The molecule has 2 aliphatic rings. The quantitative estimate of drug-likeness (QED) is 0.842. The second-order valence-corrected chi connectivity index (χ2v) is 8.21. The lowest BCUT2D eigenvalue weighted by molar-refractivity contribution is 0.171. The predicted molar refractivity (Wildman–Crippen MR) is 101 cm³/mol. The third-order valence-corrected chi connectivity index (χ3v) is 5.16. The molecule has 0 amide bonds. The number of nitrogens with one attached hydrogen (secondary N) is 1. The molecule has 25 heavy (non-hydrogen) atoms. The van der Waals surface area contributed by atoms with E-state index >= 15 is 0 Å². The highest BCUT2D eigenvalue weighted by Crippen LogP contribution is 2.39. The molecule has 1 unspecified atom stereocenters. The lowest BCUT2D eigenvalue weighted by Gasteiger charge is -2.31. The van der Waals surface area contributed by atoms with Gasteiger partial charge in [-0.25, -0.2) is 0 Å². The summed E-state index contributed by atoms with van der Waals surface area (Å²) in [6, 6.07) is 11.5. The molecular weight excluding hydrogens is 310 g/mol. The first-order valence-electron chi connectivity index (χ1n) is 9.20. The molecule has 1 atom stereocenters. The van der Waals surface area contributed by atoms with Crippen LogP contribution in [0.2, 0.25) is 0 Å². The van der Waals surface area contributed by atoms with E-state index in [4.69, 9.17) is 9.47 Å². The highest BCUT2D eigenvalue weighted by atomic mass is 16.6. The molecule has 2 heterocycles. The van der Waals surface area contributed by atoms with Crippen LogP contribution in [-0.4, -0.2) is 19.8 Å². The Morgan fingerprint density at radius 2 is 1.68 bits per heavy atom. The van der Waals surface area contributed by atoms with Crippen molar-refractivity contribution in [3.63, 3.8) is 0 Å². The van der Waals surface area contributed by atoms with Crippen molar-refractivity contribution in [2.45, 2.75) is 45.6 Å². The second-order valence-electron chi connectivity index (χ2n) is 8.21. The Kier molecular flexibility index (Phi) is 3.99. The Bertz CT molecular complexity index is 804. The molecule has 2 aromatic rings. The summed E-state index contributed by atoms with van der Waals surface area (Å²) in [5, 5.41) is 3.71. The van der Waals surface area contributed by atoms with Gasteiger partial charge in [-0.15, -0.1) is 0 Å². The predicted octanol–water partition coefficient (Wildman–Crippen LogP) is 4.30. The molecule has 2 aromatic carbocycles. The van der Waals surface area contributed by atoms with E-state index in [1.165, 1.54) is 27.8 Å². The molecule has 4 rings (SSSR count). The van der Waals surface area contributed by atoms with Crippen LogP contribution in [0.5, 0.6) is 11.5 Å². The fourth-order valence-electron chi connectivity index (χ4n) is 3.80. The molecule has 2 aliphatic heterocycles. The van der Waals surface area contributed by atoms with E-state index in [1.54, 1.807) is 0 Å². The number of aryl methyl sites for hydroxylation is 1. The van der Waals surface area contributed by atoms with Crippen molar-refractivity contribution in [3.8, 4) is 11.5 Å². The lowest BCUT2D eigenvalue weighted by Crippen LogP contribution is -2.31. The summed E-state index contributed by atoms with van der Waals surface area (Å²) in [5.41, 5.74) is 6.86. The van der Waals surface area contributed by atoms with Crippen LogP contribution in [-0.2, 0) is 11.8 Å². The van der Waals surface area contributed by atoms with Gasteiger partial charge in [-0.3, -0.25) is 0 Å². The maximum absolute atomic E-state index is 5.82. The zero-order valence-corrected chi connectivity index (χ0v) is 15.6. The van der Waals surface area contributed by atoms with Gasteiger partial charge in [0.2, 0.25) is 0 Å². The maximum atomic E-state index is 5.82. The third-order valence-electron chi connectivity index (χ3n) is 5.16. The van der Waals surface area contributed by atoms with E-state index < -0.39 is 0 Å². The molecular formula is C22H27NO2. The number of hydrogen-bond donors (Lipinski definition) is 1. The van der Waals surface area contributed by atoms with Crippen molar-refractivity contribution in [1.82, 2.24) is 5.32 Å². The first-order chi connectivity index (χ1) is 11.9. The smallest absolute Gasteiger partial charge is 0.161 e. The highest BCUT2D eigenvalue weighted by molar-refractivity contribution is 5.52. The van der Waals surface area contributed by atoms with Gasteiger partial charge in [0.05, 0.1) is 6.04 Å². The van der Waals surface area contributed by atoms with Crippen molar-refractivity contribution in [1.29, 1.82) is 0 Å². The first kappa shape index (κ1) is 16.5. The summed E-state index contributed by atoms with van der Waals surface area (Å²) >= 11 is 0. The van der Waals surface area contributed by atoms with Gasteiger partial charge in [-0.1, -0.05) is 44.5 Å². The van der Waals surface area contributed by atoms with Crippen LogP contribution in [0.3, 0.4) is 0 Å². The lowest BCUT2D eigenvalue weighted by atomic mass is 9.82. The van der Waals surface area contributed by atoms with Crippen molar-refractivity contribution in [2.24, 2.45) is 0 Å². The Hall–Kier alpha value is -2.00. The van der Waals surface area contributed by atoms with Crippen LogP contribution in [0.15, 0.2) is 30.3 Å². The van der Waals surface area contributed by atoms with Gasteiger partial charge < -0.3 is 14.8 Å². The number of ether oxygens (including phenoxy) is 2. The second kappa shape index (κ2) is 6.06. The van der Waals surface area contributed by atoms with Crippen LogP contribution in [0, 0.1) is 6.92 Å². The fraction of sp³-hybridized carbons (Fsp3) is 0.455. The summed E-state index contributed by atoms with van der Waals surface area (Å²) in [5.74, 6) is 1.77. The molecule has 3 heteroatoms. The molecule has 0 saturated heterocycles. The average molecular weight is 337 g/mol. The van der Waals surface area contributed by atoms with E-state index in [0.717, 1.165) is 24.5 Å². The van der Waals surface area contributed by atoms with Crippen LogP contribution in [0.4, 0.5) is 0 Å². The van der Waals surface area contributed by atoms with Gasteiger partial charge in [0.1, 0.15) is 13.2 Å². The van der Waals surface area contributed by atoms with Crippen molar-refractivity contribution in [3.05, 3.63) is 58.1 Å². The molecule has 0 fully saturated rings. The SMILES string of the molecule is Cc1cc(C2NCCc3cc4c(cc32)OCCO4)cc(C(C)(C)C)c1. The molecule has 0 aromatic heterocycles. The van der Waals surface area contributed by atoms with E-state index in [0.29, 0.717) is 13.2 Å². The third kappa shape index (κ3) is 3.13. The van der Waals surface area contributed by atoms with Crippen molar-refractivity contribution in [2.75, 3.05) is 19.8 Å². The van der Waals surface area contributed by atoms with Crippen LogP contribution in [0.25, 0.3) is 0 Å². The Morgan fingerprint density at radius 1 is 0.960 bits per heavy atom. The minimum absolute atomic E-state index is 0.144. The molecule has 0 bridgehead atoms. The first-order valence-corrected chi connectivity index (χ1v) is 9.20. The molecule has 0 spiro atoms. The molecule has 0 aliphatic carbocycles. The van der Waals surface area contributed by atoms with Gasteiger partial charge >= 0.3 is 0 Å². The van der Waals surface area contributed by atoms with Crippen molar-refractivity contribution < 1.29 is 9.47 Å². The molecule has 0 radical (unpaired) electrons. The van der Waals surface area contributed by atoms with Gasteiger partial charge in [-0.2, -0.15) is 0 Å². The zero-order valence-electron chi connectivity index (χ0n) is 15.6. The Morgan fingerprint density at radius 3 is 2.40 bits per heavy atom. The fourth-order valence-corrected chi connectivity index (χ4v) is 3.80. The number of benzene rings is 2. The largest absolute Gasteiger partial charge is 0.486 e. The molecule has 3 nitrogen and oxygen atoms in total. The van der Waals surface area contributed by atoms with Crippen LogP contribution >= 0.6 is 0 Å². The number of hydrogen-bond acceptors (Lipinski definition) is 3. The summed E-state index contributed by atoms with van der Waals surface area (Å²) in [6.07, 6.45) is 1.03. The van der Waals surface area contributed by atoms with Crippen molar-refractivity contribution >= 4 is 0 Å². The summed E-state index contributed by atoms with van der Waals surface area (Å²) < 4.78 is 11.6. The summed E-state index contributed by atoms with van der Waals surface area (Å²) in [7, 11) is 0. The topological polar surface area (TPSA) is 30.5 Å². The maximum Gasteiger partial charge on any atom is 0.161 e. The molecule has 1 N–H and O–H groups in total. The van der Waals surface area contributed by atoms with Crippen LogP contribution < -0.4 is 14.8 Å². The highest BCUT2D eigenvalue weighted by Gasteiger charge is 2.26. The summed E-state index contributed by atoms with van der Waals surface area (Å²) in [6.45, 7) is 11.3. The molecule has 0 saturated carbocycles. The van der Waals surface area contributed by atoms with Gasteiger partial charge in [0.25, 0.3) is 0 Å². The monoisotopic (exact) mass is 337 g/mol. The van der Waals surface area contributed by atoms with E-state index in [1.807, 2.05) is 0 Å². The minimum Gasteiger partial charge on any atom is -0.486 e. The zero-order chi connectivity index (χ0) is 17.6. The van der Waals surface area contributed by atoms with Gasteiger partial charge in [-0.05, 0) is 53.1 Å².